The minimum Gasteiger partial charge on any atom is -0.486 e. The fraction of sp³-hybridized carbons (Fsp3) is 0.571. The molecule has 98 valence electrons. The molecule has 1 fully saturated rings. The van der Waals surface area contributed by atoms with Crippen LogP contribution in [0, 0.1) is 0 Å². The zero-order valence-electron chi connectivity index (χ0n) is 10.4. The topological polar surface area (TPSA) is 50.7 Å². The predicted molar refractivity (Wildman–Crippen MR) is 67.9 cm³/mol. The van der Waals surface area contributed by atoms with Crippen LogP contribution in [0.2, 0.25) is 0 Å². The molecular weight excluding hydrogens is 230 g/mol. The van der Waals surface area contributed by atoms with Crippen LogP contribution >= 0.6 is 0 Å². The van der Waals surface area contributed by atoms with Crippen LogP contribution in [-0.4, -0.2) is 30.5 Å². The zero-order chi connectivity index (χ0) is 12.4. The number of ether oxygens (including phenoxy) is 2. The van der Waals surface area contributed by atoms with Gasteiger partial charge in [-0.25, -0.2) is 0 Å². The smallest absolute Gasteiger partial charge is 0.165 e. The van der Waals surface area contributed by atoms with Crippen molar-refractivity contribution in [2.75, 3.05) is 19.8 Å². The Morgan fingerprint density at radius 1 is 1.22 bits per heavy atom. The molecule has 0 amide bonds. The van der Waals surface area contributed by atoms with E-state index in [0.29, 0.717) is 26.3 Å². The van der Waals surface area contributed by atoms with Gasteiger partial charge in [0.1, 0.15) is 13.2 Å². The summed E-state index contributed by atoms with van der Waals surface area (Å²) < 4.78 is 11.2. The maximum Gasteiger partial charge on any atom is 0.165 e. The van der Waals surface area contributed by atoms with E-state index in [1.54, 1.807) is 0 Å². The van der Waals surface area contributed by atoms with Crippen LogP contribution in [0.1, 0.15) is 24.8 Å². The molecule has 4 heteroatoms. The van der Waals surface area contributed by atoms with Gasteiger partial charge in [-0.1, -0.05) is 12.1 Å². The van der Waals surface area contributed by atoms with Crippen LogP contribution in [0.4, 0.5) is 0 Å². The van der Waals surface area contributed by atoms with Crippen LogP contribution in [0.15, 0.2) is 18.2 Å². The fourth-order valence-electron chi connectivity index (χ4n) is 2.46. The summed E-state index contributed by atoms with van der Waals surface area (Å²) in [5.74, 6) is 1.67. The van der Waals surface area contributed by atoms with Gasteiger partial charge in [-0.3, -0.25) is 0 Å². The van der Waals surface area contributed by atoms with Gasteiger partial charge < -0.3 is 19.9 Å². The zero-order valence-corrected chi connectivity index (χ0v) is 10.4. The highest BCUT2D eigenvalue weighted by Crippen LogP contribution is 2.34. The van der Waals surface area contributed by atoms with E-state index in [1.165, 1.54) is 0 Å². The molecule has 1 aliphatic carbocycles. The molecule has 3 rings (SSSR count). The summed E-state index contributed by atoms with van der Waals surface area (Å²) >= 11 is 0. The Hall–Kier alpha value is -1.26. The molecule has 1 aromatic carbocycles. The van der Waals surface area contributed by atoms with Crippen molar-refractivity contribution < 1.29 is 14.6 Å². The lowest BCUT2D eigenvalue weighted by Gasteiger charge is -2.36. The second-order valence-electron chi connectivity index (χ2n) is 5.12. The molecule has 0 atom stereocenters. The standard InChI is InChI=1S/C14H19NO3/c16-14(5-2-6-14)10-15-9-11-3-1-4-12-13(11)18-8-7-17-12/h1,3-4,15-16H,2,5-10H2. The summed E-state index contributed by atoms with van der Waals surface area (Å²) in [6, 6.07) is 5.94. The molecule has 18 heavy (non-hydrogen) atoms. The third kappa shape index (κ3) is 2.31. The van der Waals surface area contributed by atoms with Crippen molar-refractivity contribution in [1.29, 1.82) is 0 Å². The first-order valence-corrected chi connectivity index (χ1v) is 6.57. The summed E-state index contributed by atoms with van der Waals surface area (Å²) in [5, 5.41) is 13.3. The van der Waals surface area contributed by atoms with Gasteiger partial charge in [-0.2, -0.15) is 0 Å². The summed E-state index contributed by atoms with van der Waals surface area (Å²) in [6.07, 6.45) is 2.95. The number of benzene rings is 1. The van der Waals surface area contributed by atoms with Gasteiger partial charge in [0.05, 0.1) is 5.60 Å². The van der Waals surface area contributed by atoms with Crippen LogP contribution in [0.3, 0.4) is 0 Å². The molecule has 1 aliphatic heterocycles. The molecule has 1 heterocycles. The van der Waals surface area contributed by atoms with Gasteiger partial charge in [0, 0.05) is 18.7 Å². The molecule has 0 saturated heterocycles. The Kier molecular flexibility index (Phi) is 3.14. The van der Waals surface area contributed by atoms with Gasteiger partial charge in [0.2, 0.25) is 0 Å². The van der Waals surface area contributed by atoms with E-state index in [1.807, 2.05) is 18.2 Å². The summed E-state index contributed by atoms with van der Waals surface area (Å²) in [5.41, 5.74) is 0.613. The fourth-order valence-corrected chi connectivity index (χ4v) is 2.46. The molecular formula is C14H19NO3. The molecule has 0 bridgehead atoms. The number of rotatable bonds is 4. The Labute approximate surface area is 107 Å². The van der Waals surface area contributed by atoms with E-state index in [-0.39, 0.29) is 0 Å². The lowest BCUT2D eigenvalue weighted by molar-refractivity contribution is -0.0315. The molecule has 4 nitrogen and oxygen atoms in total. The lowest BCUT2D eigenvalue weighted by Crippen LogP contribution is -2.46. The summed E-state index contributed by atoms with van der Waals surface area (Å²) in [7, 11) is 0. The second kappa shape index (κ2) is 4.78. The largest absolute Gasteiger partial charge is 0.486 e. The number of hydrogen-bond donors (Lipinski definition) is 2. The molecule has 0 spiro atoms. The van der Waals surface area contributed by atoms with E-state index in [4.69, 9.17) is 9.47 Å². The van der Waals surface area contributed by atoms with E-state index in [9.17, 15) is 5.11 Å². The van der Waals surface area contributed by atoms with Gasteiger partial charge in [-0.05, 0) is 25.3 Å². The van der Waals surface area contributed by atoms with E-state index in [0.717, 1.165) is 36.3 Å². The number of fused-ring (bicyclic) bond motifs is 1. The van der Waals surface area contributed by atoms with Crippen LogP contribution in [0.5, 0.6) is 11.5 Å². The molecule has 0 aromatic heterocycles. The molecule has 0 radical (unpaired) electrons. The average Bonchev–Trinajstić information content (AvgIpc) is 2.37. The Morgan fingerprint density at radius 3 is 2.83 bits per heavy atom. The minimum atomic E-state index is -0.480. The molecule has 1 aromatic rings. The number of hydrogen-bond acceptors (Lipinski definition) is 4. The van der Waals surface area contributed by atoms with Crippen LogP contribution in [-0.2, 0) is 6.54 Å². The first kappa shape index (κ1) is 11.8. The third-order valence-electron chi connectivity index (χ3n) is 3.70. The molecule has 2 aliphatic rings. The average molecular weight is 249 g/mol. The third-order valence-corrected chi connectivity index (χ3v) is 3.70. The second-order valence-corrected chi connectivity index (χ2v) is 5.12. The van der Waals surface area contributed by atoms with Crippen molar-refractivity contribution in [2.24, 2.45) is 0 Å². The quantitative estimate of drug-likeness (QED) is 0.848. The van der Waals surface area contributed by atoms with Crippen molar-refractivity contribution in [3.63, 3.8) is 0 Å². The SMILES string of the molecule is OC1(CNCc2cccc3c2OCCO3)CCC1. The highest BCUT2D eigenvalue weighted by Gasteiger charge is 2.33. The van der Waals surface area contributed by atoms with Gasteiger partial charge in [-0.15, -0.1) is 0 Å². The minimum absolute atomic E-state index is 0.480. The normalized spacial score (nSPS) is 20.3. The van der Waals surface area contributed by atoms with E-state index >= 15 is 0 Å². The number of nitrogens with one attached hydrogen (secondary N) is 1. The highest BCUT2D eigenvalue weighted by atomic mass is 16.6. The molecule has 1 saturated carbocycles. The van der Waals surface area contributed by atoms with Gasteiger partial charge in [0.15, 0.2) is 11.5 Å². The number of para-hydroxylation sites is 1. The molecule has 2 N–H and O–H groups in total. The Balaban J connectivity index is 1.62. The van der Waals surface area contributed by atoms with Crippen molar-refractivity contribution in [1.82, 2.24) is 5.32 Å². The monoisotopic (exact) mass is 249 g/mol. The van der Waals surface area contributed by atoms with E-state index < -0.39 is 5.60 Å². The molecule has 0 unspecified atom stereocenters. The predicted octanol–water partition coefficient (Wildman–Crippen LogP) is 1.46. The number of aliphatic hydroxyl groups is 1. The first-order chi connectivity index (χ1) is 8.77. The van der Waals surface area contributed by atoms with Crippen molar-refractivity contribution in [3.05, 3.63) is 23.8 Å². The van der Waals surface area contributed by atoms with Crippen molar-refractivity contribution in [3.8, 4) is 11.5 Å². The highest BCUT2D eigenvalue weighted by molar-refractivity contribution is 5.47. The van der Waals surface area contributed by atoms with Crippen molar-refractivity contribution in [2.45, 2.75) is 31.4 Å². The summed E-state index contributed by atoms with van der Waals surface area (Å²) in [4.78, 5) is 0. The first-order valence-electron chi connectivity index (χ1n) is 6.57. The van der Waals surface area contributed by atoms with Crippen LogP contribution < -0.4 is 14.8 Å². The maximum atomic E-state index is 10.0. The van der Waals surface area contributed by atoms with E-state index in [2.05, 4.69) is 5.32 Å². The van der Waals surface area contributed by atoms with Gasteiger partial charge >= 0.3 is 0 Å². The maximum absolute atomic E-state index is 10.0. The summed E-state index contributed by atoms with van der Waals surface area (Å²) in [6.45, 7) is 2.57. The Morgan fingerprint density at radius 2 is 2.06 bits per heavy atom. The lowest BCUT2D eigenvalue weighted by atomic mass is 9.80. The Bertz CT molecular complexity index is 429. The van der Waals surface area contributed by atoms with Crippen LogP contribution in [0.25, 0.3) is 0 Å². The van der Waals surface area contributed by atoms with Gasteiger partial charge in [0.25, 0.3) is 0 Å². The van der Waals surface area contributed by atoms with Crippen molar-refractivity contribution >= 4 is 0 Å².